The second-order valence-corrected chi connectivity index (χ2v) is 11.0. The molecule has 1 saturated carbocycles. The summed E-state index contributed by atoms with van der Waals surface area (Å²) >= 11 is 0. The molecule has 5 aromatic rings. The molecule has 7 rings (SSSR count). The van der Waals surface area contributed by atoms with E-state index in [0.29, 0.717) is 35.1 Å². The number of aryl methyl sites for hydroxylation is 2. The third kappa shape index (κ3) is 4.64. The van der Waals surface area contributed by atoms with Crippen LogP contribution >= 0.6 is 0 Å². The molecule has 0 amide bonds. The predicted molar refractivity (Wildman–Crippen MR) is 157 cm³/mol. The number of fused-ring (bicyclic) bond motifs is 2. The topological polar surface area (TPSA) is 129 Å². The van der Waals surface area contributed by atoms with E-state index in [4.69, 9.17) is 20.2 Å². The molecule has 212 valence electrons. The maximum absolute atomic E-state index is 10.9. The summed E-state index contributed by atoms with van der Waals surface area (Å²) in [5.41, 5.74) is 11.7. The molecule has 4 aromatic heterocycles. The summed E-state index contributed by atoms with van der Waals surface area (Å²) in [5, 5.41) is 17.3. The molecule has 1 saturated heterocycles. The molecule has 1 aliphatic heterocycles. The van der Waals surface area contributed by atoms with Gasteiger partial charge in [-0.05, 0) is 43.5 Å². The van der Waals surface area contributed by atoms with E-state index in [1.54, 1.807) is 4.68 Å². The van der Waals surface area contributed by atoms with Gasteiger partial charge >= 0.3 is 0 Å². The van der Waals surface area contributed by atoms with Crippen molar-refractivity contribution in [1.29, 1.82) is 0 Å². The average molecular weight is 555 g/mol. The van der Waals surface area contributed by atoms with Gasteiger partial charge in [-0.3, -0.25) is 9.67 Å². The number of pyridine rings is 1. The van der Waals surface area contributed by atoms with E-state index in [1.165, 1.54) is 24.9 Å². The Kier molecular flexibility index (Phi) is 6.28. The van der Waals surface area contributed by atoms with Gasteiger partial charge in [-0.15, -0.1) is 0 Å². The van der Waals surface area contributed by atoms with Crippen LogP contribution in [0.1, 0.15) is 38.1 Å². The molecule has 1 aromatic carbocycles. The molecule has 3 atom stereocenters. The zero-order valence-corrected chi connectivity index (χ0v) is 23.4. The van der Waals surface area contributed by atoms with E-state index in [9.17, 15) is 5.11 Å². The first-order valence-corrected chi connectivity index (χ1v) is 14.1. The summed E-state index contributed by atoms with van der Waals surface area (Å²) in [7, 11) is 4.03. The summed E-state index contributed by atoms with van der Waals surface area (Å²) in [6.45, 7) is 2.33. The highest BCUT2D eigenvalue weighted by Gasteiger charge is 2.37. The third-order valence-corrected chi connectivity index (χ3v) is 8.21. The number of benzene rings is 1. The lowest BCUT2D eigenvalue weighted by Gasteiger charge is -2.22. The van der Waals surface area contributed by atoms with Crippen molar-refractivity contribution in [1.82, 2.24) is 29.3 Å². The fourth-order valence-corrected chi connectivity index (χ4v) is 5.76. The van der Waals surface area contributed by atoms with E-state index in [-0.39, 0.29) is 6.61 Å². The van der Waals surface area contributed by atoms with Gasteiger partial charge in [0.25, 0.3) is 0 Å². The molecule has 0 unspecified atom stereocenters. The summed E-state index contributed by atoms with van der Waals surface area (Å²) in [4.78, 5) is 15.9. The van der Waals surface area contributed by atoms with Gasteiger partial charge in [0.2, 0.25) is 0 Å². The van der Waals surface area contributed by atoms with E-state index >= 15 is 0 Å². The number of nitrogens with two attached hydrogens (primary N) is 1. The smallest absolute Gasteiger partial charge is 0.148 e. The van der Waals surface area contributed by atoms with E-state index < -0.39 is 18.4 Å². The highest BCUT2D eigenvalue weighted by atomic mass is 16.6. The Morgan fingerprint density at radius 3 is 2.80 bits per heavy atom. The first-order valence-electron chi connectivity index (χ1n) is 14.1. The van der Waals surface area contributed by atoms with Crippen molar-refractivity contribution < 1.29 is 14.6 Å². The van der Waals surface area contributed by atoms with Crippen LogP contribution in [0, 0.1) is 0 Å². The number of hydrogen-bond acceptors (Lipinski definition) is 9. The number of ether oxygens (including phenoxy) is 2. The first-order chi connectivity index (χ1) is 19.9. The van der Waals surface area contributed by atoms with Crippen LogP contribution in [0.25, 0.3) is 33.2 Å². The van der Waals surface area contributed by atoms with Crippen LogP contribution < -0.4 is 15.4 Å². The second kappa shape index (κ2) is 10.0. The van der Waals surface area contributed by atoms with E-state index in [2.05, 4.69) is 46.1 Å². The zero-order valence-electron chi connectivity index (χ0n) is 23.4. The highest BCUT2D eigenvalue weighted by molar-refractivity contribution is 6.00. The van der Waals surface area contributed by atoms with Crippen LogP contribution in [0.4, 0.5) is 11.5 Å². The fourth-order valence-electron chi connectivity index (χ4n) is 5.76. The number of aromatic nitrogens is 6. The van der Waals surface area contributed by atoms with Crippen LogP contribution in [0.2, 0.25) is 0 Å². The number of nitrogen functional groups attached to an aromatic ring is 1. The lowest BCUT2D eigenvalue weighted by molar-refractivity contribution is -0.0379. The van der Waals surface area contributed by atoms with Crippen molar-refractivity contribution in [2.75, 3.05) is 24.3 Å². The molecule has 11 nitrogen and oxygen atoms in total. The molecule has 0 radical (unpaired) electrons. The standard InChI is InChI=1S/C30H34N8O3/c1-4-17-11-24(37(3)18-5-6-18)20-8-7-19(12-23(20)34-17)40-15-26-25(39)13-27(41-26)38-14-21(22-9-10-36(2)35-22)28-29(31)32-16-33-30(28)38/h7-12,14,16,18,25-27,39H,4-6,13,15H2,1-3H3,(H2,31,32,33)/t25-,26+,27+/m0/s1. The predicted octanol–water partition coefficient (Wildman–Crippen LogP) is 3.85. The van der Waals surface area contributed by atoms with E-state index in [1.807, 2.05) is 42.2 Å². The van der Waals surface area contributed by atoms with Gasteiger partial charge in [0.05, 0.1) is 22.7 Å². The second-order valence-electron chi connectivity index (χ2n) is 11.0. The minimum Gasteiger partial charge on any atom is -0.491 e. The van der Waals surface area contributed by atoms with Crippen molar-refractivity contribution in [2.24, 2.45) is 7.05 Å². The van der Waals surface area contributed by atoms with Crippen molar-refractivity contribution >= 4 is 33.4 Å². The maximum Gasteiger partial charge on any atom is 0.148 e. The third-order valence-electron chi connectivity index (χ3n) is 8.21. The number of nitrogens with zero attached hydrogens (tertiary/aromatic N) is 7. The van der Waals surface area contributed by atoms with Gasteiger partial charge in [-0.25, -0.2) is 9.97 Å². The largest absolute Gasteiger partial charge is 0.491 e. The molecule has 2 fully saturated rings. The molecule has 3 N–H and O–H groups in total. The van der Waals surface area contributed by atoms with Crippen LogP contribution in [-0.2, 0) is 18.2 Å². The van der Waals surface area contributed by atoms with Gasteiger partial charge in [0.1, 0.15) is 42.5 Å². The van der Waals surface area contributed by atoms with Crippen molar-refractivity contribution in [3.05, 3.63) is 54.7 Å². The summed E-state index contributed by atoms with van der Waals surface area (Å²) in [6, 6.07) is 10.8. The molecular formula is C30H34N8O3. The molecule has 11 heteroatoms. The molecule has 0 spiro atoms. The van der Waals surface area contributed by atoms with Crippen LogP contribution in [0.5, 0.6) is 5.75 Å². The Bertz CT molecular complexity index is 1740. The average Bonchev–Trinajstić information content (AvgIpc) is 3.46. The van der Waals surface area contributed by atoms with Crippen LogP contribution in [0.3, 0.4) is 0 Å². The molecule has 1 aliphatic carbocycles. The normalized spacial score (nSPS) is 20.7. The Morgan fingerprint density at radius 1 is 1.20 bits per heavy atom. The minimum atomic E-state index is -0.709. The summed E-state index contributed by atoms with van der Waals surface area (Å²) in [6.07, 6.45) is 7.29. The van der Waals surface area contributed by atoms with Crippen LogP contribution in [0.15, 0.2) is 49.1 Å². The van der Waals surface area contributed by atoms with Gasteiger partial charge in [-0.2, -0.15) is 5.10 Å². The number of anilines is 2. The first kappa shape index (κ1) is 25.7. The number of aliphatic hydroxyl groups is 1. The summed E-state index contributed by atoms with van der Waals surface area (Å²) < 4.78 is 16.1. The Balaban J connectivity index is 1.12. The molecular weight excluding hydrogens is 520 g/mol. The molecule has 0 bridgehead atoms. The lowest BCUT2D eigenvalue weighted by Crippen LogP contribution is -2.28. The quantitative estimate of drug-likeness (QED) is 0.294. The number of aliphatic hydroxyl groups excluding tert-OH is 1. The van der Waals surface area contributed by atoms with Gasteiger partial charge in [0, 0.05) is 67.3 Å². The summed E-state index contributed by atoms with van der Waals surface area (Å²) in [5.74, 6) is 1.07. The molecule has 2 aliphatic rings. The van der Waals surface area contributed by atoms with Crippen molar-refractivity contribution in [3.8, 4) is 17.0 Å². The van der Waals surface area contributed by atoms with Gasteiger partial charge < -0.3 is 29.8 Å². The zero-order chi connectivity index (χ0) is 28.2. The Hall–Kier alpha value is -4.22. The number of rotatable bonds is 8. The van der Waals surface area contributed by atoms with E-state index in [0.717, 1.165) is 34.3 Å². The molecule has 41 heavy (non-hydrogen) atoms. The molecule has 5 heterocycles. The fraction of sp³-hybridized carbons (Fsp3) is 0.400. The van der Waals surface area contributed by atoms with Gasteiger partial charge in [-0.1, -0.05) is 6.92 Å². The Labute approximate surface area is 237 Å². The van der Waals surface area contributed by atoms with Crippen molar-refractivity contribution in [3.63, 3.8) is 0 Å². The lowest BCUT2D eigenvalue weighted by atomic mass is 10.1. The maximum atomic E-state index is 10.9. The van der Waals surface area contributed by atoms with Gasteiger partial charge in [0.15, 0.2) is 0 Å². The highest BCUT2D eigenvalue weighted by Crippen LogP contribution is 2.39. The minimum absolute atomic E-state index is 0.203. The van der Waals surface area contributed by atoms with Crippen molar-refractivity contribution in [2.45, 2.75) is 57.1 Å². The number of hydrogen-bond donors (Lipinski definition) is 2. The Morgan fingerprint density at radius 2 is 2.05 bits per heavy atom. The van der Waals surface area contributed by atoms with Crippen LogP contribution in [-0.4, -0.2) is 66.3 Å². The SMILES string of the molecule is CCc1cc(N(C)C2CC2)c2ccc(OC[C@H]3O[C@@H](n4cc(-c5ccn(C)n5)c5c(N)ncnc54)C[C@@H]3O)cc2n1. The monoisotopic (exact) mass is 554 g/mol.